The third-order valence-electron chi connectivity index (χ3n) is 4.65. The van der Waals surface area contributed by atoms with Gasteiger partial charge in [0.15, 0.2) is 0 Å². The number of nitrogens with one attached hydrogen (secondary N) is 1. The first-order chi connectivity index (χ1) is 12.7. The summed E-state index contributed by atoms with van der Waals surface area (Å²) in [6.07, 6.45) is 3.96. The van der Waals surface area contributed by atoms with Crippen molar-refractivity contribution < 1.29 is 17.9 Å². The van der Waals surface area contributed by atoms with E-state index in [0.29, 0.717) is 29.3 Å². The predicted molar refractivity (Wildman–Crippen MR) is 103 cm³/mol. The summed E-state index contributed by atoms with van der Waals surface area (Å²) < 4.78 is 33.0. The van der Waals surface area contributed by atoms with Crippen LogP contribution in [0.1, 0.15) is 35.3 Å². The molecule has 1 aliphatic carbocycles. The van der Waals surface area contributed by atoms with E-state index in [1.807, 2.05) is 6.07 Å². The van der Waals surface area contributed by atoms with E-state index in [2.05, 4.69) is 14.4 Å². The summed E-state index contributed by atoms with van der Waals surface area (Å²) in [7, 11) is -2.57. The second-order valence-electron chi connectivity index (χ2n) is 6.52. The van der Waals surface area contributed by atoms with Crippen LogP contribution in [-0.2, 0) is 21.2 Å². The molecule has 1 fully saturated rings. The average Bonchev–Trinajstić information content (AvgIpc) is 2.61. The van der Waals surface area contributed by atoms with Gasteiger partial charge in [0.1, 0.15) is 10.6 Å². The Morgan fingerprint density at radius 1 is 1.26 bits per heavy atom. The zero-order chi connectivity index (χ0) is 19.7. The Kier molecular flexibility index (Phi) is 5.76. The smallest absolute Gasteiger partial charge is 0.356 e. The van der Waals surface area contributed by atoms with E-state index in [0.717, 1.165) is 18.2 Å². The second kappa shape index (κ2) is 7.75. The van der Waals surface area contributed by atoms with Crippen molar-refractivity contribution in [3.63, 3.8) is 0 Å². The molecule has 1 aromatic carbocycles. The number of halogens is 2. The number of carbonyl (C=O) groups is 1. The van der Waals surface area contributed by atoms with Crippen LogP contribution in [0.5, 0.6) is 0 Å². The highest BCUT2D eigenvalue weighted by Gasteiger charge is 2.41. The van der Waals surface area contributed by atoms with Crippen LogP contribution >= 0.6 is 23.2 Å². The van der Waals surface area contributed by atoms with Gasteiger partial charge in [-0.05, 0) is 55.5 Å². The molecule has 9 heteroatoms. The number of methoxy groups -OCH3 is 1. The molecule has 0 unspecified atom stereocenters. The van der Waals surface area contributed by atoms with Crippen molar-refractivity contribution in [3.8, 4) is 0 Å². The third kappa shape index (κ3) is 4.43. The van der Waals surface area contributed by atoms with Crippen molar-refractivity contribution in [2.75, 3.05) is 7.11 Å². The largest absolute Gasteiger partial charge is 0.464 e. The lowest BCUT2D eigenvalue weighted by molar-refractivity contribution is 0.0594. The maximum absolute atomic E-state index is 12.8. The fourth-order valence-corrected chi connectivity index (χ4v) is 4.93. The maximum Gasteiger partial charge on any atom is 0.356 e. The van der Waals surface area contributed by atoms with Crippen LogP contribution in [0.3, 0.4) is 0 Å². The van der Waals surface area contributed by atoms with Gasteiger partial charge in [0.2, 0.25) is 10.0 Å². The Morgan fingerprint density at radius 3 is 2.52 bits per heavy atom. The average molecular weight is 429 g/mol. The summed E-state index contributed by atoms with van der Waals surface area (Å²) in [5.74, 6) is -0.625. The zero-order valence-corrected chi connectivity index (χ0v) is 16.9. The molecule has 1 aromatic heterocycles. The number of aromatic nitrogens is 1. The molecule has 0 radical (unpaired) electrons. The molecule has 1 heterocycles. The van der Waals surface area contributed by atoms with Crippen molar-refractivity contribution in [1.82, 2.24) is 9.71 Å². The highest BCUT2D eigenvalue weighted by molar-refractivity contribution is 7.89. The molecule has 1 N–H and O–H groups in total. The van der Waals surface area contributed by atoms with E-state index in [4.69, 9.17) is 23.2 Å². The number of pyridine rings is 1. The number of ether oxygens (including phenoxy) is 1. The predicted octanol–water partition coefficient (Wildman–Crippen LogP) is 3.62. The lowest BCUT2D eigenvalue weighted by Crippen LogP contribution is -2.54. The summed E-state index contributed by atoms with van der Waals surface area (Å²) >= 11 is 12.2. The van der Waals surface area contributed by atoms with Gasteiger partial charge in [-0.3, -0.25) is 0 Å². The summed E-state index contributed by atoms with van der Waals surface area (Å²) in [6, 6.07) is 7.85. The molecule has 0 aliphatic heterocycles. The Morgan fingerprint density at radius 2 is 2.00 bits per heavy atom. The fourth-order valence-electron chi connectivity index (χ4n) is 3.06. The molecule has 0 atom stereocenters. The third-order valence-corrected chi connectivity index (χ3v) is 6.80. The van der Waals surface area contributed by atoms with Crippen LogP contribution in [0.4, 0.5) is 0 Å². The first-order valence-corrected chi connectivity index (χ1v) is 10.5. The number of esters is 1. The van der Waals surface area contributed by atoms with Crippen LogP contribution in [-0.4, -0.2) is 32.0 Å². The SMILES string of the molecule is COC(=O)c1ccc(S(=O)(=O)NC2(Cc3ccc(Cl)cc3Cl)CCC2)cn1. The van der Waals surface area contributed by atoms with Crippen molar-refractivity contribution in [2.45, 2.75) is 36.1 Å². The van der Waals surface area contributed by atoms with Gasteiger partial charge in [-0.25, -0.2) is 22.9 Å². The summed E-state index contributed by atoms with van der Waals surface area (Å²) in [5, 5.41) is 1.04. The number of hydrogen-bond donors (Lipinski definition) is 1. The fraction of sp³-hybridized carbons (Fsp3) is 0.333. The molecule has 1 saturated carbocycles. The molecular weight excluding hydrogens is 411 g/mol. The Hall–Kier alpha value is -1.67. The number of carbonyl (C=O) groups excluding carboxylic acids is 1. The van der Waals surface area contributed by atoms with E-state index in [1.54, 1.807) is 12.1 Å². The highest BCUT2D eigenvalue weighted by atomic mass is 35.5. The molecule has 144 valence electrons. The minimum Gasteiger partial charge on any atom is -0.464 e. The molecule has 6 nitrogen and oxygen atoms in total. The van der Waals surface area contributed by atoms with E-state index in [-0.39, 0.29) is 10.6 Å². The van der Waals surface area contributed by atoms with E-state index < -0.39 is 21.5 Å². The van der Waals surface area contributed by atoms with Gasteiger partial charge < -0.3 is 4.74 Å². The first-order valence-electron chi connectivity index (χ1n) is 8.27. The number of benzene rings is 1. The zero-order valence-electron chi connectivity index (χ0n) is 14.5. The van der Waals surface area contributed by atoms with Crippen molar-refractivity contribution in [3.05, 3.63) is 57.8 Å². The number of nitrogens with zero attached hydrogens (tertiary/aromatic N) is 1. The molecule has 3 rings (SSSR count). The maximum atomic E-state index is 12.8. The van der Waals surface area contributed by atoms with E-state index in [1.165, 1.54) is 19.2 Å². The lowest BCUT2D eigenvalue weighted by atomic mass is 9.74. The van der Waals surface area contributed by atoms with Gasteiger partial charge in [-0.1, -0.05) is 29.3 Å². The summed E-state index contributed by atoms with van der Waals surface area (Å²) in [6.45, 7) is 0. The van der Waals surface area contributed by atoms with Gasteiger partial charge in [-0.2, -0.15) is 0 Å². The van der Waals surface area contributed by atoms with Gasteiger partial charge in [-0.15, -0.1) is 0 Å². The molecule has 0 saturated heterocycles. The molecule has 0 amide bonds. The van der Waals surface area contributed by atoms with E-state index >= 15 is 0 Å². The molecular formula is C18H18Cl2N2O4S. The molecule has 2 aromatic rings. The van der Waals surface area contributed by atoms with Gasteiger partial charge in [0.25, 0.3) is 0 Å². The monoisotopic (exact) mass is 428 g/mol. The topological polar surface area (TPSA) is 85.4 Å². The minimum atomic E-state index is -3.80. The minimum absolute atomic E-state index is 0.0105. The van der Waals surface area contributed by atoms with Crippen LogP contribution in [0.15, 0.2) is 41.4 Å². The molecule has 0 bridgehead atoms. The second-order valence-corrected chi connectivity index (χ2v) is 9.05. The normalized spacial score (nSPS) is 15.8. The van der Waals surface area contributed by atoms with Crippen LogP contribution in [0, 0.1) is 0 Å². The van der Waals surface area contributed by atoms with Crippen molar-refractivity contribution >= 4 is 39.2 Å². The van der Waals surface area contributed by atoms with Crippen molar-refractivity contribution in [2.24, 2.45) is 0 Å². The molecule has 0 spiro atoms. The van der Waals surface area contributed by atoms with Crippen molar-refractivity contribution in [1.29, 1.82) is 0 Å². The number of hydrogen-bond acceptors (Lipinski definition) is 5. The number of sulfonamides is 1. The van der Waals surface area contributed by atoms with Crippen LogP contribution in [0.2, 0.25) is 10.0 Å². The quantitative estimate of drug-likeness (QED) is 0.709. The Bertz CT molecular complexity index is 958. The highest BCUT2D eigenvalue weighted by Crippen LogP contribution is 2.38. The Balaban J connectivity index is 1.81. The molecule has 27 heavy (non-hydrogen) atoms. The lowest BCUT2D eigenvalue weighted by Gasteiger charge is -2.42. The van der Waals surface area contributed by atoms with Crippen LogP contribution in [0.25, 0.3) is 0 Å². The standard InChI is InChI=1S/C18H18Cl2N2O4S/c1-26-17(23)16-6-5-14(11-21-16)27(24,25)22-18(7-2-8-18)10-12-3-4-13(19)9-15(12)20/h3-6,9,11,22H,2,7-8,10H2,1H3. The van der Waals surface area contributed by atoms with E-state index in [9.17, 15) is 13.2 Å². The number of rotatable bonds is 6. The van der Waals surface area contributed by atoms with Crippen LogP contribution < -0.4 is 4.72 Å². The Labute approximate surface area is 167 Å². The summed E-state index contributed by atoms with van der Waals surface area (Å²) in [4.78, 5) is 15.3. The first kappa shape index (κ1) is 20.1. The summed E-state index contributed by atoms with van der Waals surface area (Å²) in [5.41, 5.74) is 0.280. The van der Waals surface area contributed by atoms with Gasteiger partial charge in [0, 0.05) is 21.8 Å². The molecule has 1 aliphatic rings. The van der Waals surface area contributed by atoms with Gasteiger partial charge >= 0.3 is 5.97 Å². The van der Waals surface area contributed by atoms with Gasteiger partial charge in [0.05, 0.1) is 7.11 Å².